The highest BCUT2D eigenvalue weighted by molar-refractivity contribution is 6.29. The first kappa shape index (κ1) is 42.1. The van der Waals surface area contributed by atoms with E-state index in [1.807, 2.05) is 0 Å². The second-order valence-electron chi connectivity index (χ2n) is 14.8. The van der Waals surface area contributed by atoms with E-state index in [2.05, 4.69) is 0 Å². The van der Waals surface area contributed by atoms with E-state index in [9.17, 15) is 95.5 Å². The summed E-state index contributed by atoms with van der Waals surface area (Å²) in [6, 6.07) is 2.10. The van der Waals surface area contributed by atoms with E-state index in [4.69, 9.17) is 27.8 Å². The summed E-state index contributed by atoms with van der Waals surface area (Å²) in [4.78, 5) is 70.1. The number of cyclic esters (lactones) is 1. The average Bonchev–Trinajstić information content (AvgIpc) is 3.27. The number of benzene rings is 5. The van der Waals surface area contributed by atoms with Crippen LogP contribution in [0.25, 0.3) is 55.0 Å². The maximum Gasteiger partial charge on any atom is 0.345 e. The molecular formula is C41H26O25. The van der Waals surface area contributed by atoms with Gasteiger partial charge in [0.15, 0.2) is 75.1 Å². The second-order valence-corrected chi connectivity index (χ2v) is 14.8. The van der Waals surface area contributed by atoms with Gasteiger partial charge in [0.2, 0.25) is 23.0 Å². The van der Waals surface area contributed by atoms with Crippen LogP contribution in [0.1, 0.15) is 31.1 Å². The molecule has 1 fully saturated rings. The molecule has 1 saturated heterocycles. The number of carbonyl (C=O) groups excluding carboxylic acids is 3. The summed E-state index contributed by atoms with van der Waals surface area (Å²) in [6.07, 6.45) is -8.27. The highest BCUT2D eigenvalue weighted by atomic mass is 16.6. The first-order valence-electron chi connectivity index (χ1n) is 18.5. The molecule has 2 aliphatic rings. The zero-order valence-corrected chi connectivity index (χ0v) is 32.3. The quantitative estimate of drug-likeness (QED) is 0.0385. The fraction of sp³-hybridized carbons (Fsp3) is 0.146. The number of aliphatic hydroxyl groups excluding tert-OH is 1. The number of hydrogen-bond donors (Lipinski definition) is 14. The van der Waals surface area contributed by atoms with Crippen LogP contribution in [-0.2, 0) is 18.9 Å². The highest BCUT2D eigenvalue weighted by Gasteiger charge is 2.47. The smallest absolute Gasteiger partial charge is 0.345 e. The molecule has 0 unspecified atom stereocenters. The summed E-state index contributed by atoms with van der Waals surface area (Å²) in [7, 11) is 0. The summed E-state index contributed by atoms with van der Waals surface area (Å²) >= 11 is 0. The van der Waals surface area contributed by atoms with E-state index >= 15 is 0 Å². The number of rotatable bonds is 2. The predicted octanol–water partition coefficient (Wildman–Crippen LogP) is 1.68. The van der Waals surface area contributed by atoms with E-state index in [0.717, 1.165) is 0 Å². The van der Waals surface area contributed by atoms with Crippen molar-refractivity contribution in [1.82, 2.24) is 0 Å². The van der Waals surface area contributed by atoms with Gasteiger partial charge in [-0.05, 0) is 24.3 Å². The van der Waals surface area contributed by atoms with Gasteiger partial charge in [0.1, 0.15) is 18.8 Å². The third kappa shape index (κ3) is 5.83. The van der Waals surface area contributed by atoms with Crippen molar-refractivity contribution in [2.24, 2.45) is 0 Å². The van der Waals surface area contributed by atoms with Crippen LogP contribution in [0.4, 0.5) is 0 Å². The zero-order valence-electron chi connectivity index (χ0n) is 32.3. The molecule has 4 heterocycles. The standard InChI is InChI=1S/C41H26O25/c42-10-1-7(2-11(43)24(10)47)37(56)63-33-14(46)5-61-15-6-62-38(57)8-3-12(44)25(48)27(50)16(8)18-22-20-21-23(41(60)66-35(20)31(54)29(18)52)19(30(53)32(55)36(21)65-40(22)59)17-9(39(58)64-34(15)33)4-13(45)26(49)28(17)51/h1-4,14-15,33-34,42-55H,5-6H2/t14-,15-,33-,34+/m1/s1. The molecule has 2 aromatic heterocycles. The van der Waals surface area contributed by atoms with Crippen LogP contribution in [0.5, 0.6) is 74.7 Å². The molecule has 5 aromatic carbocycles. The van der Waals surface area contributed by atoms with Gasteiger partial charge in [-0.15, -0.1) is 0 Å². The number of esters is 3. The minimum absolute atomic E-state index is 0.398. The Morgan fingerprint density at radius 2 is 0.955 bits per heavy atom. The minimum Gasteiger partial charge on any atom is -0.504 e. The molecule has 0 radical (unpaired) electrons. The fourth-order valence-corrected chi connectivity index (χ4v) is 7.99. The van der Waals surface area contributed by atoms with Crippen LogP contribution in [0.3, 0.4) is 0 Å². The summed E-state index contributed by atoms with van der Waals surface area (Å²) in [5.41, 5.74) is -12.9. The fourth-order valence-electron chi connectivity index (χ4n) is 7.99. The molecule has 0 spiro atoms. The number of aromatic hydroxyl groups is 13. The number of carbonyl (C=O) groups is 3. The minimum atomic E-state index is -2.23. The van der Waals surface area contributed by atoms with E-state index in [-0.39, 0.29) is 0 Å². The average molecular weight is 919 g/mol. The molecule has 25 heteroatoms. The van der Waals surface area contributed by atoms with Crippen LogP contribution < -0.4 is 11.3 Å². The lowest BCUT2D eigenvalue weighted by atomic mass is 9.88. The highest BCUT2D eigenvalue weighted by Crippen LogP contribution is 2.58. The molecule has 14 N–H and O–H groups in total. The molecule has 340 valence electrons. The SMILES string of the molecule is O=C(O[C@H]1[C@H]2OC(=O)c3cc(O)c(O)c(O)c3-c3c(O)c(O)c4oc(=O)c5c(c(O)c(O)c6oc(=O)c3c4c65)-c3c(cc(O)c(O)c3O)C(=O)OC[C@H]2OC[C@H]1O)c1cc(O)c(O)c(O)c1. The van der Waals surface area contributed by atoms with E-state index in [1.54, 1.807) is 0 Å². The van der Waals surface area contributed by atoms with Gasteiger partial charge in [-0.25, -0.2) is 24.0 Å². The lowest BCUT2D eigenvalue weighted by molar-refractivity contribution is -0.197. The first-order chi connectivity index (χ1) is 31.1. The normalized spacial score (nSPS) is 18.6. The predicted molar refractivity (Wildman–Crippen MR) is 211 cm³/mol. The lowest BCUT2D eigenvalue weighted by Crippen LogP contribution is -2.57. The summed E-state index contributed by atoms with van der Waals surface area (Å²) < 4.78 is 32.7. The molecule has 2 aliphatic heterocycles. The van der Waals surface area contributed by atoms with Gasteiger partial charge >= 0.3 is 29.2 Å². The largest absolute Gasteiger partial charge is 0.504 e. The molecule has 7 aromatic rings. The Morgan fingerprint density at radius 1 is 0.515 bits per heavy atom. The molecule has 6 bridgehead atoms. The van der Waals surface area contributed by atoms with Gasteiger partial charge in [0.05, 0.1) is 34.1 Å². The Bertz CT molecular complexity index is 3430. The molecule has 0 amide bonds. The van der Waals surface area contributed by atoms with E-state index in [0.29, 0.717) is 24.3 Å². The molecule has 0 saturated carbocycles. The maximum absolute atomic E-state index is 14.5. The molecule has 66 heavy (non-hydrogen) atoms. The number of hydrogen-bond acceptors (Lipinski definition) is 25. The van der Waals surface area contributed by atoms with Crippen molar-refractivity contribution in [3.63, 3.8) is 0 Å². The number of aliphatic hydroxyl groups is 1. The van der Waals surface area contributed by atoms with Crippen LogP contribution in [0, 0.1) is 0 Å². The number of phenolic OH excluding ortho intramolecular Hbond substituents is 13. The molecular weight excluding hydrogens is 892 g/mol. The zero-order chi connectivity index (χ0) is 47.7. The Kier molecular flexibility index (Phi) is 9.19. The van der Waals surface area contributed by atoms with Crippen molar-refractivity contribution in [1.29, 1.82) is 0 Å². The van der Waals surface area contributed by atoms with Crippen LogP contribution in [-0.4, -0.2) is 127 Å². The molecule has 0 aliphatic carbocycles. The van der Waals surface area contributed by atoms with Crippen molar-refractivity contribution in [3.05, 3.63) is 61.8 Å². The lowest BCUT2D eigenvalue weighted by Gasteiger charge is -2.39. The maximum atomic E-state index is 14.5. The van der Waals surface area contributed by atoms with Gasteiger partial charge < -0.3 is 99.3 Å². The van der Waals surface area contributed by atoms with Gasteiger partial charge in [-0.2, -0.15) is 0 Å². The van der Waals surface area contributed by atoms with E-state index < -0.39 is 213 Å². The van der Waals surface area contributed by atoms with Gasteiger partial charge in [0, 0.05) is 33.0 Å². The Hall–Kier alpha value is -9.23. The van der Waals surface area contributed by atoms with Crippen molar-refractivity contribution >= 4 is 50.6 Å². The third-order valence-corrected chi connectivity index (χ3v) is 11.0. The van der Waals surface area contributed by atoms with E-state index in [1.165, 1.54) is 0 Å². The van der Waals surface area contributed by atoms with Gasteiger partial charge in [-0.3, -0.25) is 0 Å². The third-order valence-electron chi connectivity index (χ3n) is 11.0. The number of fused-ring (bicyclic) bond motifs is 5. The monoisotopic (exact) mass is 918 g/mol. The topological polar surface area (TPSA) is 432 Å². The molecule has 4 atom stereocenters. The molecule has 25 nitrogen and oxygen atoms in total. The van der Waals surface area contributed by atoms with Crippen molar-refractivity contribution in [2.75, 3.05) is 13.2 Å². The summed E-state index contributed by atoms with van der Waals surface area (Å²) in [5, 5.41) is 149. The summed E-state index contributed by atoms with van der Waals surface area (Å²) in [6.45, 7) is -1.99. The second kappa shape index (κ2) is 14.4. The first-order valence-corrected chi connectivity index (χ1v) is 18.5. The van der Waals surface area contributed by atoms with Crippen molar-refractivity contribution < 1.29 is 114 Å². The summed E-state index contributed by atoms with van der Waals surface area (Å²) in [5.74, 6) is -22.3. The molecule has 9 rings (SSSR count). The van der Waals surface area contributed by atoms with Crippen LogP contribution in [0.15, 0.2) is 42.7 Å². The van der Waals surface area contributed by atoms with Crippen LogP contribution in [0.2, 0.25) is 0 Å². The van der Waals surface area contributed by atoms with Crippen molar-refractivity contribution in [2.45, 2.75) is 24.4 Å². The Balaban J connectivity index is 1.39. The van der Waals surface area contributed by atoms with Gasteiger partial charge in [-0.1, -0.05) is 0 Å². The number of phenols is 13. The Morgan fingerprint density at radius 3 is 1.44 bits per heavy atom. The Labute approximate surface area is 360 Å². The van der Waals surface area contributed by atoms with Crippen molar-refractivity contribution in [3.8, 4) is 97.0 Å². The number of ether oxygens (including phenoxy) is 4. The van der Waals surface area contributed by atoms with Gasteiger partial charge in [0.25, 0.3) is 0 Å². The van der Waals surface area contributed by atoms with Crippen LogP contribution >= 0.6 is 0 Å².